The van der Waals surface area contributed by atoms with Crippen LogP contribution >= 0.6 is 11.8 Å². The molecular weight excluding hydrogens is 402 g/mol. The summed E-state index contributed by atoms with van der Waals surface area (Å²) in [6.07, 6.45) is 3.19. The second-order valence-electron chi connectivity index (χ2n) is 6.70. The van der Waals surface area contributed by atoms with E-state index in [1.807, 2.05) is 0 Å². The van der Waals surface area contributed by atoms with Crippen molar-refractivity contribution >= 4 is 27.7 Å². The van der Waals surface area contributed by atoms with E-state index >= 15 is 0 Å². The number of carbonyl (C=O) groups excluding carboxylic acids is 1. The van der Waals surface area contributed by atoms with Crippen LogP contribution in [0.25, 0.3) is 0 Å². The predicted octanol–water partition coefficient (Wildman–Crippen LogP) is 2.26. The summed E-state index contributed by atoms with van der Waals surface area (Å²) in [5.41, 5.74) is 1.60. The summed E-state index contributed by atoms with van der Waals surface area (Å²) in [7, 11) is -3.94. The van der Waals surface area contributed by atoms with Crippen LogP contribution in [0.1, 0.15) is 13.8 Å². The number of pyridine rings is 1. The molecular formula is C18H21N3O5S2. The van der Waals surface area contributed by atoms with E-state index < -0.39 is 26.7 Å². The third-order valence-corrected chi connectivity index (χ3v) is 7.64. The Morgan fingerprint density at radius 3 is 2.43 bits per heavy atom. The Morgan fingerprint density at radius 1 is 1.21 bits per heavy atom. The van der Waals surface area contributed by atoms with Crippen LogP contribution in [0, 0.1) is 0 Å². The summed E-state index contributed by atoms with van der Waals surface area (Å²) in [5, 5.41) is 9.10. The molecule has 0 unspecified atom stereocenters. The number of rotatable bonds is 5. The van der Waals surface area contributed by atoms with Crippen LogP contribution in [0.5, 0.6) is 11.5 Å². The zero-order valence-corrected chi connectivity index (χ0v) is 17.0. The minimum Gasteiger partial charge on any atom is -0.457 e. The Labute approximate surface area is 167 Å². The largest absolute Gasteiger partial charge is 0.457 e. The monoisotopic (exact) mass is 423 g/mol. The van der Waals surface area contributed by atoms with Crippen LogP contribution in [0.2, 0.25) is 0 Å². The number of hydrogen-bond donors (Lipinski definition) is 2. The predicted molar refractivity (Wildman–Crippen MR) is 105 cm³/mol. The molecule has 2 N–H and O–H groups in total. The maximum absolute atomic E-state index is 13.2. The zero-order valence-electron chi connectivity index (χ0n) is 15.4. The molecule has 150 valence electrons. The number of hydrogen-bond acceptors (Lipinski definition) is 7. The molecule has 1 saturated heterocycles. The zero-order chi connectivity index (χ0) is 20.4. The molecule has 1 atom stereocenters. The van der Waals surface area contributed by atoms with Crippen LogP contribution in [0.15, 0.2) is 53.7 Å². The van der Waals surface area contributed by atoms with E-state index in [4.69, 9.17) is 9.94 Å². The number of benzene rings is 1. The number of hydroxylamine groups is 1. The van der Waals surface area contributed by atoms with E-state index in [0.717, 1.165) is 4.31 Å². The van der Waals surface area contributed by atoms with Gasteiger partial charge in [-0.15, -0.1) is 0 Å². The molecule has 0 aliphatic carbocycles. The molecule has 1 aliphatic rings. The van der Waals surface area contributed by atoms with Gasteiger partial charge in [0.25, 0.3) is 5.91 Å². The van der Waals surface area contributed by atoms with Crippen molar-refractivity contribution in [2.75, 3.05) is 12.3 Å². The van der Waals surface area contributed by atoms with E-state index in [9.17, 15) is 13.2 Å². The van der Waals surface area contributed by atoms with Crippen LogP contribution in [-0.2, 0) is 14.8 Å². The summed E-state index contributed by atoms with van der Waals surface area (Å²) in [5.74, 6) is 0.854. The second-order valence-corrected chi connectivity index (χ2v) is 10.3. The number of aromatic nitrogens is 1. The second kappa shape index (κ2) is 8.08. The van der Waals surface area contributed by atoms with Crippen molar-refractivity contribution in [3.8, 4) is 11.5 Å². The van der Waals surface area contributed by atoms with Crippen LogP contribution in [-0.4, -0.2) is 51.9 Å². The van der Waals surface area contributed by atoms with Crippen molar-refractivity contribution in [2.24, 2.45) is 0 Å². The van der Waals surface area contributed by atoms with Gasteiger partial charge in [0.05, 0.1) is 4.90 Å². The normalized spacial score (nSPS) is 19.8. The van der Waals surface area contributed by atoms with Gasteiger partial charge in [-0.3, -0.25) is 15.0 Å². The average molecular weight is 424 g/mol. The number of sulfonamides is 1. The third-order valence-electron chi connectivity index (χ3n) is 4.41. The summed E-state index contributed by atoms with van der Waals surface area (Å²) in [6.45, 7) is 3.74. The minimum atomic E-state index is -3.94. The first-order valence-electron chi connectivity index (χ1n) is 8.53. The number of nitrogens with zero attached hydrogens (tertiary/aromatic N) is 2. The molecule has 1 aliphatic heterocycles. The smallest absolute Gasteiger partial charge is 0.263 e. The first-order valence-corrected chi connectivity index (χ1v) is 11.0. The fourth-order valence-electron chi connectivity index (χ4n) is 3.08. The lowest BCUT2D eigenvalue weighted by molar-refractivity contribution is -0.134. The topological polar surface area (TPSA) is 109 Å². The Balaban J connectivity index is 1.87. The highest BCUT2D eigenvalue weighted by Crippen LogP contribution is 2.38. The quantitative estimate of drug-likeness (QED) is 0.561. The molecule has 10 heteroatoms. The lowest BCUT2D eigenvalue weighted by Crippen LogP contribution is -2.61. The highest BCUT2D eigenvalue weighted by atomic mass is 32.2. The molecule has 1 amide bonds. The van der Waals surface area contributed by atoms with E-state index in [0.29, 0.717) is 17.3 Å². The van der Waals surface area contributed by atoms with E-state index in [1.165, 1.54) is 23.9 Å². The van der Waals surface area contributed by atoms with Crippen molar-refractivity contribution in [3.63, 3.8) is 0 Å². The molecule has 0 spiro atoms. The maximum Gasteiger partial charge on any atom is 0.263 e. The number of thioether (sulfide) groups is 1. The Hall–Kier alpha value is -2.14. The van der Waals surface area contributed by atoms with Gasteiger partial charge in [-0.05, 0) is 50.2 Å². The van der Waals surface area contributed by atoms with Crippen molar-refractivity contribution in [1.82, 2.24) is 14.8 Å². The number of nitrogens with one attached hydrogen (secondary N) is 1. The van der Waals surface area contributed by atoms with Crippen molar-refractivity contribution < 1.29 is 23.2 Å². The molecule has 0 bridgehead atoms. The minimum absolute atomic E-state index is 0.0491. The summed E-state index contributed by atoms with van der Waals surface area (Å²) in [4.78, 5) is 16.2. The van der Waals surface area contributed by atoms with Gasteiger partial charge < -0.3 is 4.74 Å². The van der Waals surface area contributed by atoms with Crippen LogP contribution in [0.3, 0.4) is 0 Å². The molecule has 0 saturated carbocycles. The molecule has 3 rings (SSSR count). The summed E-state index contributed by atoms with van der Waals surface area (Å²) >= 11 is 1.49. The van der Waals surface area contributed by atoms with Crippen molar-refractivity contribution in [1.29, 1.82) is 0 Å². The number of carbonyl (C=O) groups is 1. The fraction of sp³-hybridized carbons (Fsp3) is 0.333. The van der Waals surface area contributed by atoms with Gasteiger partial charge in [0, 0.05) is 29.4 Å². The number of amides is 1. The summed E-state index contributed by atoms with van der Waals surface area (Å²) < 4.78 is 32.5. The van der Waals surface area contributed by atoms with Crippen LogP contribution < -0.4 is 10.2 Å². The number of ether oxygens (including phenoxy) is 1. The first-order chi connectivity index (χ1) is 13.3. The molecule has 2 heterocycles. The molecule has 1 aromatic carbocycles. The SMILES string of the molecule is CC1(C)SCCN(S(=O)(=O)c2ccc(Oc3ccncc3)cc2)[C@@H]1C(=O)NO. The van der Waals surface area contributed by atoms with Gasteiger partial charge in [0.1, 0.15) is 17.5 Å². The van der Waals surface area contributed by atoms with Gasteiger partial charge in [-0.2, -0.15) is 16.1 Å². The molecule has 2 aromatic rings. The lowest BCUT2D eigenvalue weighted by Gasteiger charge is -2.43. The maximum atomic E-state index is 13.2. The highest BCUT2D eigenvalue weighted by Gasteiger charge is 2.48. The van der Waals surface area contributed by atoms with Gasteiger partial charge in [-0.25, -0.2) is 13.9 Å². The van der Waals surface area contributed by atoms with Crippen molar-refractivity contribution in [2.45, 2.75) is 29.5 Å². The third kappa shape index (κ3) is 4.14. The molecule has 8 nitrogen and oxygen atoms in total. The fourth-order valence-corrected chi connectivity index (χ4v) is 6.19. The van der Waals surface area contributed by atoms with Crippen molar-refractivity contribution in [3.05, 3.63) is 48.8 Å². The van der Waals surface area contributed by atoms with E-state index in [-0.39, 0.29) is 11.4 Å². The Kier molecular flexibility index (Phi) is 5.94. The van der Waals surface area contributed by atoms with Gasteiger partial charge in [0.2, 0.25) is 10.0 Å². The van der Waals surface area contributed by atoms with Gasteiger partial charge >= 0.3 is 0 Å². The Bertz CT molecular complexity index is 933. The molecule has 1 aromatic heterocycles. The van der Waals surface area contributed by atoms with E-state index in [2.05, 4.69) is 4.98 Å². The first kappa shape index (κ1) is 20.6. The lowest BCUT2D eigenvalue weighted by atomic mass is 10.0. The standard InChI is InChI=1S/C18H21N3O5S2/c1-18(2)16(17(22)20-23)21(11-12-27-18)28(24,25)15-5-3-13(4-6-15)26-14-7-9-19-10-8-14/h3-10,16,23H,11-12H2,1-2H3,(H,20,22)/t16-/m1/s1. The molecule has 0 radical (unpaired) electrons. The van der Waals surface area contributed by atoms with Crippen LogP contribution in [0.4, 0.5) is 0 Å². The average Bonchev–Trinajstić information content (AvgIpc) is 2.68. The highest BCUT2D eigenvalue weighted by molar-refractivity contribution is 8.00. The van der Waals surface area contributed by atoms with Gasteiger partial charge in [-0.1, -0.05) is 0 Å². The summed E-state index contributed by atoms with van der Waals surface area (Å²) in [6, 6.07) is 8.33. The molecule has 1 fully saturated rings. The Morgan fingerprint density at radius 2 is 1.82 bits per heavy atom. The van der Waals surface area contributed by atoms with Gasteiger partial charge in [0.15, 0.2) is 0 Å². The molecule has 28 heavy (non-hydrogen) atoms. The van der Waals surface area contributed by atoms with E-state index in [1.54, 1.807) is 56.0 Å².